The molecule has 2 amide bonds. The van der Waals surface area contributed by atoms with Crippen LogP contribution in [0.4, 0.5) is 10.5 Å². The van der Waals surface area contributed by atoms with Crippen molar-refractivity contribution in [2.75, 3.05) is 5.32 Å². The molecule has 2 N–H and O–H groups in total. The van der Waals surface area contributed by atoms with Crippen LogP contribution >= 0.6 is 0 Å². The van der Waals surface area contributed by atoms with Gasteiger partial charge in [0, 0.05) is 11.7 Å². The van der Waals surface area contributed by atoms with Gasteiger partial charge < -0.3 is 10.6 Å². The monoisotopic (exact) mass is 271 g/mol. The maximum absolute atomic E-state index is 12.0. The Bertz CT molecular complexity index is 511. The molecule has 0 saturated heterocycles. The first-order valence-corrected chi connectivity index (χ1v) is 7.14. The zero-order valence-electron chi connectivity index (χ0n) is 12.0. The van der Waals surface area contributed by atoms with Gasteiger partial charge in [0.2, 0.25) is 0 Å². The van der Waals surface area contributed by atoms with Crippen molar-refractivity contribution in [3.63, 3.8) is 0 Å². The summed E-state index contributed by atoms with van der Waals surface area (Å²) in [6.45, 7) is 4.47. The minimum Gasteiger partial charge on any atom is -0.335 e. The number of carbonyl (C=O) groups excluding carboxylic acids is 1. The van der Waals surface area contributed by atoms with Crippen molar-refractivity contribution >= 4 is 11.7 Å². The largest absolute Gasteiger partial charge is 0.335 e. The van der Waals surface area contributed by atoms with E-state index in [2.05, 4.69) is 30.6 Å². The van der Waals surface area contributed by atoms with E-state index < -0.39 is 0 Å². The van der Waals surface area contributed by atoms with Crippen LogP contribution in [-0.2, 0) is 0 Å². The number of hydrogen-bond acceptors (Lipinski definition) is 2. The van der Waals surface area contributed by atoms with Crippen molar-refractivity contribution in [2.24, 2.45) is 11.8 Å². The summed E-state index contributed by atoms with van der Waals surface area (Å²) in [7, 11) is 0. The van der Waals surface area contributed by atoms with Crippen LogP contribution in [-0.4, -0.2) is 12.1 Å². The van der Waals surface area contributed by atoms with Crippen molar-refractivity contribution in [3.05, 3.63) is 29.8 Å². The number of nitriles is 1. The lowest BCUT2D eigenvalue weighted by atomic mass is 9.80. The van der Waals surface area contributed by atoms with Gasteiger partial charge in [-0.1, -0.05) is 19.9 Å². The van der Waals surface area contributed by atoms with Gasteiger partial charge in [0.25, 0.3) is 0 Å². The molecule has 1 aliphatic carbocycles. The Hall–Kier alpha value is -2.02. The van der Waals surface area contributed by atoms with Gasteiger partial charge in [-0.3, -0.25) is 0 Å². The second kappa shape index (κ2) is 6.42. The maximum atomic E-state index is 12.0. The van der Waals surface area contributed by atoms with Gasteiger partial charge in [0.1, 0.15) is 0 Å². The van der Waals surface area contributed by atoms with Crippen molar-refractivity contribution in [2.45, 2.75) is 39.2 Å². The molecule has 2 unspecified atom stereocenters. The lowest BCUT2D eigenvalue weighted by Gasteiger charge is -2.31. The first-order valence-electron chi connectivity index (χ1n) is 7.14. The van der Waals surface area contributed by atoms with Crippen molar-refractivity contribution < 1.29 is 4.79 Å². The molecule has 0 bridgehead atoms. The standard InChI is InChI=1S/C16H21N3O/c1-11-6-12(2)8-15(7-11)19-16(20)18-14-5-3-4-13(9-14)10-17/h3-5,9,11-12,15H,6-8H2,1-2H3,(H2,18,19,20). The maximum Gasteiger partial charge on any atom is 0.319 e. The van der Waals surface area contributed by atoms with Crippen LogP contribution in [0, 0.1) is 23.2 Å². The number of carbonyl (C=O) groups is 1. The molecular weight excluding hydrogens is 250 g/mol. The number of urea groups is 1. The molecule has 0 spiro atoms. The highest BCUT2D eigenvalue weighted by Gasteiger charge is 2.24. The summed E-state index contributed by atoms with van der Waals surface area (Å²) in [6, 6.07) is 9.05. The van der Waals surface area contributed by atoms with Gasteiger partial charge in [-0.15, -0.1) is 0 Å². The fourth-order valence-electron chi connectivity index (χ4n) is 3.08. The summed E-state index contributed by atoms with van der Waals surface area (Å²) in [5.74, 6) is 1.32. The first kappa shape index (κ1) is 14.4. The average Bonchev–Trinajstić information content (AvgIpc) is 2.37. The summed E-state index contributed by atoms with van der Waals surface area (Å²) in [6.07, 6.45) is 3.32. The van der Waals surface area contributed by atoms with E-state index in [0.717, 1.165) is 12.8 Å². The summed E-state index contributed by atoms with van der Waals surface area (Å²) in [4.78, 5) is 12.0. The third-order valence-electron chi connectivity index (χ3n) is 3.76. The molecule has 1 aromatic rings. The number of hydrogen-bond donors (Lipinski definition) is 2. The quantitative estimate of drug-likeness (QED) is 0.864. The van der Waals surface area contributed by atoms with Crippen LogP contribution < -0.4 is 10.6 Å². The minimum absolute atomic E-state index is 0.189. The van der Waals surface area contributed by atoms with Gasteiger partial charge in [-0.05, 0) is 49.3 Å². The molecule has 1 aliphatic rings. The van der Waals surface area contributed by atoms with E-state index >= 15 is 0 Å². The van der Waals surface area contributed by atoms with Crippen molar-refractivity contribution in [3.8, 4) is 6.07 Å². The first-order chi connectivity index (χ1) is 9.56. The topological polar surface area (TPSA) is 64.9 Å². The Morgan fingerprint density at radius 1 is 1.25 bits per heavy atom. The Labute approximate surface area is 120 Å². The van der Waals surface area contributed by atoms with E-state index in [1.807, 2.05) is 0 Å². The Balaban J connectivity index is 1.90. The molecule has 0 aliphatic heterocycles. The number of benzene rings is 1. The summed E-state index contributed by atoms with van der Waals surface area (Å²) >= 11 is 0. The highest BCUT2D eigenvalue weighted by Crippen LogP contribution is 2.28. The lowest BCUT2D eigenvalue weighted by molar-refractivity contribution is 0.222. The predicted molar refractivity (Wildman–Crippen MR) is 79.3 cm³/mol. The van der Waals surface area contributed by atoms with E-state index in [1.165, 1.54) is 6.42 Å². The highest BCUT2D eigenvalue weighted by molar-refractivity contribution is 5.89. The fourth-order valence-corrected chi connectivity index (χ4v) is 3.08. The second-order valence-corrected chi connectivity index (χ2v) is 5.91. The predicted octanol–water partition coefficient (Wildman–Crippen LogP) is 3.50. The number of nitrogens with one attached hydrogen (secondary N) is 2. The van der Waals surface area contributed by atoms with Crippen LogP contribution in [0.15, 0.2) is 24.3 Å². The van der Waals surface area contributed by atoms with Crippen molar-refractivity contribution in [1.29, 1.82) is 5.26 Å². The SMILES string of the molecule is CC1CC(C)CC(NC(=O)Nc2cccc(C#N)c2)C1. The number of rotatable bonds is 2. The highest BCUT2D eigenvalue weighted by atomic mass is 16.2. The van der Waals surface area contributed by atoms with Gasteiger partial charge in [-0.25, -0.2) is 4.79 Å². The molecule has 4 nitrogen and oxygen atoms in total. The van der Waals surface area contributed by atoms with Crippen molar-refractivity contribution in [1.82, 2.24) is 5.32 Å². The number of amides is 2. The third kappa shape index (κ3) is 3.99. The molecule has 106 valence electrons. The second-order valence-electron chi connectivity index (χ2n) is 5.91. The Morgan fingerprint density at radius 3 is 2.60 bits per heavy atom. The molecule has 4 heteroatoms. The lowest BCUT2D eigenvalue weighted by Crippen LogP contribution is -2.42. The van der Waals surface area contributed by atoms with Gasteiger partial charge in [0.15, 0.2) is 0 Å². The molecule has 2 rings (SSSR count). The molecule has 20 heavy (non-hydrogen) atoms. The number of nitrogens with zero attached hydrogens (tertiary/aromatic N) is 1. The number of anilines is 1. The minimum atomic E-state index is -0.189. The molecule has 0 aromatic heterocycles. The molecule has 1 saturated carbocycles. The van der Waals surface area contributed by atoms with Crippen LogP contribution in [0.25, 0.3) is 0 Å². The molecule has 1 aromatic carbocycles. The van der Waals surface area contributed by atoms with Crippen LogP contribution in [0.3, 0.4) is 0 Å². The van der Waals surface area contributed by atoms with E-state index in [0.29, 0.717) is 23.1 Å². The molecular formula is C16H21N3O. The average molecular weight is 271 g/mol. The zero-order chi connectivity index (χ0) is 14.5. The smallest absolute Gasteiger partial charge is 0.319 e. The normalized spacial score (nSPS) is 25.6. The van der Waals surface area contributed by atoms with Crippen LogP contribution in [0.2, 0.25) is 0 Å². The van der Waals surface area contributed by atoms with E-state index in [9.17, 15) is 4.79 Å². The Kier molecular flexibility index (Phi) is 4.62. The summed E-state index contributed by atoms with van der Waals surface area (Å²) in [5.41, 5.74) is 1.20. The van der Waals surface area contributed by atoms with Crippen LogP contribution in [0.5, 0.6) is 0 Å². The molecule has 1 fully saturated rings. The van der Waals surface area contributed by atoms with Crippen LogP contribution in [0.1, 0.15) is 38.7 Å². The van der Waals surface area contributed by atoms with Gasteiger partial charge in [0.05, 0.1) is 11.6 Å². The summed E-state index contributed by atoms with van der Waals surface area (Å²) < 4.78 is 0. The molecule has 2 atom stereocenters. The van der Waals surface area contributed by atoms with Gasteiger partial charge in [-0.2, -0.15) is 5.26 Å². The molecule has 0 radical (unpaired) electrons. The van der Waals surface area contributed by atoms with Gasteiger partial charge >= 0.3 is 6.03 Å². The van der Waals surface area contributed by atoms with E-state index in [4.69, 9.17) is 5.26 Å². The third-order valence-corrected chi connectivity index (χ3v) is 3.76. The zero-order valence-corrected chi connectivity index (χ0v) is 12.0. The fraction of sp³-hybridized carbons (Fsp3) is 0.500. The Morgan fingerprint density at radius 2 is 1.95 bits per heavy atom. The molecule has 0 heterocycles. The summed E-state index contributed by atoms with van der Waals surface area (Å²) in [5, 5.41) is 14.7. The van der Waals surface area contributed by atoms with E-state index in [-0.39, 0.29) is 12.1 Å². The van der Waals surface area contributed by atoms with E-state index in [1.54, 1.807) is 24.3 Å².